The predicted octanol–water partition coefficient (Wildman–Crippen LogP) is 3.36. The Balaban J connectivity index is 0.000000412. The average Bonchev–Trinajstić information content (AvgIpc) is 3.05. The van der Waals surface area contributed by atoms with Crippen molar-refractivity contribution in [2.24, 2.45) is 0 Å². The normalized spacial score (nSPS) is 11.6. The Hall–Kier alpha value is -2.32. The van der Waals surface area contributed by atoms with Gasteiger partial charge in [0.05, 0.1) is 5.60 Å². The summed E-state index contributed by atoms with van der Waals surface area (Å²) in [4.78, 5) is 8.90. The number of hydrogen-bond acceptors (Lipinski definition) is 3. The maximum absolute atomic E-state index is 10.6. The Morgan fingerprint density at radius 2 is 1.62 bits per heavy atom. The molecular weight excluding hydrogens is 349 g/mol. The summed E-state index contributed by atoms with van der Waals surface area (Å²) in [6.07, 6.45) is -0.248. The van der Waals surface area contributed by atoms with E-state index in [9.17, 15) is 18.3 Å². The molecule has 2 rings (SSSR count). The molecule has 0 radical (unpaired) electrons. The molecule has 0 saturated carbocycles. The van der Waals surface area contributed by atoms with Gasteiger partial charge in [-0.15, -0.1) is 0 Å². The van der Waals surface area contributed by atoms with E-state index in [0.29, 0.717) is 0 Å². The zero-order valence-electron chi connectivity index (χ0n) is 14.6. The molecule has 0 unspecified atom stereocenters. The smallest absolute Gasteiger partial charge is 0.475 e. The van der Waals surface area contributed by atoms with E-state index in [4.69, 9.17) is 9.90 Å². The summed E-state index contributed by atoms with van der Waals surface area (Å²) in [6.45, 7) is 5.33. The number of rotatable bonds is 6. The van der Waals surface area contributed by atoms with E-state index >= 15 is 0 Å². The number of hydrogen-bond donors (Lipinski definition) is 3. The van der Waals surface area contributed by atoms with E-state index in [1.807, 2.05) is 38.4 Å². The van der Waals surface area contributed by atoms with Crippen molar-refractivity contribution in [2.45, 2.75) is 38.6 Å². The molecule has 1 aromatic heterocycles. The minimum atomic E-state index is -5.08. The molecule has 1 aromatic carbocycles. The number of aliphatic carboxylic acids is 1. The second-order valence-corrected chi connectivity index (χ2v) is 6.30. The standard InChI is InChI=1S/C16H22N2O.C2HF3O2/c1-16(2,19)9-10-17-13-14-5-7-15(8-6-14)18-11-3-4-12-18;3-2(4,5)1(6)7/h3-8,11-12,17,19H,9-10,13H2,1-2H3;(H,6,7). The van der Waals surface area contributed by atoms with Crippen molar-refractivity contribution < 1.29 is 28.2 Å². The van der Waals surface area contributed by atoms with Crippen LogP contribution in [-0.2, 0) is 11.3 Å². The van der Waals surface area contributed by atoms with Crippen LogP contribution in [0.4, 0.5) is 13.2 Å². The van der Waals surface area contributed by atoms with Gasteiger partial charge < -0.3 is 20.1 Å². The van der Waals surface area contributed by atoms with Gasteiger partial charge >= 0.3 is 12.1 Å². The molecule has 26 heavy (non-hydrogen) atoms. The van der Waals surface area contributed by atoms with Gasteiger partial charge in [-0.2, -0.15) is 13.2 Å². The molecule has 0 aliphatic carbocycles. The number of benzene rings is 1. The fraction of sp³-hybridized carbons (Fsp3) is 0.389. The summed E-state index contributed by atoms with van der Waals surface area (Å²) >= 11 is 0. The highest BCUT2D eigenvalue weighted by Gasteiger charge is 2.38. The topological polar surface area (TPSA) is 74.5 Å². The first-order valence-corrected chi connectivity index (χ1v) is 7.94. The van der Waals surface area contributed by atoms with Crippen LogP contribution in [0.3, 0.4) is 0 Å². The van der Waals surface area contributed by atoms with E-state index in [1.54, 1.807) is 0 Å². The Morgan fingerprint density at radius 3 is 2.04 bits per heavy atom. The molecule has 0 spiro atoms. The van der Waals surface area contributed by atoms with Gasteiger partial charge in [-0.3, -0.25) is 0 Å². The minimum Gasteiger partial charge on any atom is -0.475 e. The Kier molecular flexibility index (Phi) is 7.85. The molecule has 2 aromatic rings. The third kappa shape index (κ3) is 8.68. The Bertz CT molecular complexity index is 660. The van der Waals surface area contributed by atoms with E-state index in [2.05, 4.69) is 34.1 Å². The van der Waals surface area contributed by atoms with E-state index in [0.717, 1.165) is 19.5 Å². The molecule has 0 amide bonds. The largest absolute Gasteiger partial charge is 0.490 e. The van der Waals surface area contributed by atoms with Crippen molar-refractivity contribution in [3.05, 3.63) is 54.4 Å². The molecule has 144 valence electrons. The molecule has 8 heteroatoms. The summed E-state index contributed by atoms with van der Waals surface area (Å²) in [6, 6.07) is 12.5. The summed E-state index contributed by atoms with van der Waals surface area (Å²) < 4.78 is 33.8. The quantitative estimate of drug-likeness (QED) is 0.680. The lowest BCUT2D eigenvalue weighted by Crippen LogP contribution is -2.26. The molecule has 0 fully saturated rings. The van der Waals surface area contributed by atoms with Crippen LogP contribution >= 0.6 is 0 Å². The number of alkyl halides is 3. The summed E-state index contributed by atoms with van der Waals surface area (Å²) in [5, 5.41) is 20.1. The highest BCUT2D eigenvalue weighted by molar-refractivity contribution is 5.73. The third-order valence-electron chi connectivity index (χ3n) is 3.32. The highest BCUT2D eigenvalue weighted by Crippen LogP contribution is 2.13. The van der Waals surface area contributed by atoms with Gasteiger partial charge in [0.1, 0.15) is 0 Å². The monoisotopic (exact) mass is 372 g/mol. The van der Waals surface area contributed by atoms with Crippen LogP contribution in [0.2, 0.25) is 0 Å². The van der Waals surface area contributed by atoms with Crippen molar-refractivity contribution in [2.75, 3.05) is 6.54 Å². The summed E-state index contributed by atoms with van der Waals surface area (Å²) in [5.74, 6) is -2.76. The van der Waals surface area contributed by atoms with E-state index < -0.39 is 17.7 Å². The number of carbonyl (C=O) groups is 1. The second-order valence-electron chi connectivity index (χ2n) is 6.30. The van der Waals surface area contributed by atoms with Crippen molar-refractivity contribution in [3.8, 4) is 5.69 Å². The molecule has 0 bridgehead atoms. The second kappa shape index (κ2) is 9.40. The van der Waals surface area contributed by atoms with Crippen LogP contribution in [0.25, 0.3) is 5.69 Å². The molecular formula is C18H23F3N2O3. The molecule has 3 N–H and O–H groups in total. The van der Waals surface area contributed by atoms with Gasteiger partial charge in [-0.1, -0.05) is 12.1 Å². The Labute approximate surface area is 150 Å². The number of carboxylic acid groups (broad SMARTS) is 1. The summed E-state index contributed by atoms with van der Waals surface area (Å²) in [7, 11) is 0. The van der Waals surface area contributed by atoms with Gasteiger partial charge in [0, 0.05) is 24.6 Å². The maximum atomic E-state index is 10.6. The van der Waals surface area contributed by atoms with Crippen LogP contribution in [0.15, 0.2) is 48.8 Å². The molecule has 0 saturated heterocycles. The first kappa shape index (κ1) is 21.7. The number of carboxylic acids is 1. The van der Waals surface area contributed by atoms with E-state index in [1.165, 1.54) is 11.3 Å². The van der Waals surface area contributed by atoms with Gasteiger partial charge in [0.15, 0.2) is 0 Å². The zero-order valence-corrected chi connectivity index (χ0v) is 14.6. The average molecular weight is 372 g/mol. The number of nitrogens with one attached hydrogen (secondary N) is 1. The number of aromatic nitrogens is 1. The predicted molar refractivity (Wildman–Crippen MR) is 92.1 cm³/mol. The lowest BCUT2D eigenvalue weighted by molar-refractivity contribution is -0.192. The van der Waals surface area contributed by atoms with Gasteiger partial charge in [0.2, 0.25) is 0 Å². The number of halogens is 3. The van der Waals surface area contributed by atoms with Crippen molar-refractivity contribution in [3.63, 3.8) is 0 Å². The molecule has 0 aliphatic heterocycles. The zero-order chi connectivity index (χ0) is 19.8. The minimum absolute atomic E-state index is 0.592. The number of aliphatic hydroxyl groups is 1. The van der Waals surface area contributed by atoms with Crippen LogP contribution in [0.5, 0.6) is 0 Å². The fourth-order valence-corrected chi connectivity index (χ4v) is 1.92. The van der Waals surface area contributed by atoms with Crippen molar-refractivity contribution in [1.82, 2.24) is 9.88 Å². The first-order chi connectivity index (χ1) is 12.0. The van der Waals surface area contributed by atoms with Crippen LogP contribution in [0.1, 0.15) is 25.8 Å². The molecule has 1 heterocycles. The van der Waals surface area contributed by atoms with Crippen molar-refractivity contribution >= 4 is 5.97 Å². The van der Waals surface area contributed by atoms with Crippen LogP contribution < -0.4 is 5.32 Å². The SMILES string of the molecule is CC(C)(O)CCNCc1ccc(-n2cccc2)cc1.O=C(O)C(F)(F)F. The van der Waals surface area contributed by atoms with E-state index in [-0.39, 0.29) is 0 Å². The highest BCUT2D eigenvalue weighted by atomic mass is 19.4. The van der Waals surface area contributed by atoms with Crippen LogP contribution in [0, 0.1) is 0 Å². The first-order valence-electron chi connectivity index (χ1n) is 7.94. The van der Waals surface area contributed by atoms with Gasteiger partial charge in [0.25, 0.3) is 0 Å². The maximum Gasteiger partial charge on any atom is 0.490 e. The molecule has 5 nitrogen and oxygen atoms in total. The fourth-order valence-electron chi connectivity index (χ4n) is 1.92. The Morgan fingerprint density at radius 1 is 1.12 bits per heavy atom. The number of nitrogens with zero attached hydrogens (tertiary/aromatic N) is 1. The lowest BCUT2D eigenvalue weighted by Gasteiger charge is -2.17. The molecule has 0 atom stereocenters. The molecule has 0 aliphatic rings. The summed E-state index contributed by atoms with van der Waals surface area (Å²) in [5.41, 5.74) is 1.84. The third-order valence-corrected chi connectivity index (χ3v) is 3.32. The van der Waals surface area contributed by atoms with Gasteiger partial charge in [-0.25, -0.2) is 4.79 Å². The van der Waals surface area contributed by atoms with Gasteiger partial charge in [-0.05, 0) is 56.6 Å². The lowest BCUT2D eigenvalue weighted by atomic mass is 10.1. The van der Waals surface area contributed by atoms with Crippen LogP contribution in [-0.4, -0.2) is 39.1 Å². The van der Waals surface area contributed by atoms with Crippen molar-refractivity contribution in [1.29, 1.82) is 0 Å².